The molecule has 0 amide bonds. The van der Waals surface area contributed by atoms with Crippen LogP contribution in [0.2, 0.25) is 10.0 Å². The molecule has 2 rings (SSSR count). The Morgan fingerprint density at radius 3 is 2.64 bits per heavy atom. The number of halogens is 3. The number of hydrogen-bond acceptors (Lipinski definition) is 4. The molecular formula is C13H17Cl3N2O3S. The van der Waals surface area contributed by atoms with Crippen molar-refractivity contribution in [3.63, 3.8) is 0 Å². The third kappa shape index (κ3) is 4.75. The molecule has 0 bridgehead atoms. The molecule has 9 heteroatoms. The molecule has 0 fully saturated rings. The van der Waals surface area contributed by atoms with Gasteiger partial charge in [0.25, 0.3) is 0 Å². The molecule has 124 valence electrons. The summed E-state index contributed by atoms with van der Waals surface area (Å²) < 4.78 is 32.2. The number of rotatable bonds is 5. The molecule has 0 spiro atoms. The first-order valence-corrected chi connectivity index (χ1v) is 8.59. The Kier molecular flexibility index (Phi) is 7.45. The first-order valence-electron chi connectivity index (χ1n) is 6.35. The van der Waals surface area contributed by atoms with Crippen molar-refractivity contribution in [3.05, 3.63) is 33.8 Å². The fraction of sp³-hybridized carbons (Fsp3) is 0.385. The highest BCUT2D eigenvalue weighted by molar-refractivity contribution is 7.89. The third-order valence-electron chi connectivity index (χ3n) is 3.14. The number of nitrogens with one attached hydrogen (secondary N) is 2. The SMILES string of the molecule is COc1cc(Cl)c(S(=O)(=O)NCC2=CCNCC2)cc1Cl.Cl. The second kappa shape index (κ2) is 8.38. The van der Waals surface area contributed by atoms with Gasteiger partial charge in [-0.05, 0) is 19.0 Å². The lowest BCUT2D eigenvalue weighted by atomic mass is 10.1. The van der Waals surface area contributed by atoms with Crippen LogP contribution >= 0.6 is 35.6 Å². The van der Waals surface area contributed by atoms with E-state index in [9.17, 15) is 8.42 Å². The van der Waals surface area contributed by atoms with E-state index < -0.39 is 10.0 Å². The lowest BCUT2D eigenvalue weighted by Crippen LogP contribution is -2.29. The molecular weight excluding hydrogens is 371 g/mol. The summed E-state index contributed by atoms with van der Waals surface area (Å²) in [5.74, 6) is 0.335. The molecule has 22 heavy (non-hydrogen) atoms. The fourth-order valence-corrected chi connectivity index (χ4v) is 3.85. The summed E-state index contributed by atoms with van der Waals surface area (Å²) in [6.07, 6.45) is 2.80. The average Bonchev–Trinajstić information content (AvgIpc) is 2.48. The molecule has 0 radical (unpaired) electrons. The van der Waals surface area contributed by atoms with Gasteiger partial charge in [-0.3, -0.25) is 0 Å². The van der Waals surface area contributed by atoms with E-state index in [1.165, 1.54) is 19.2 Å². The van der Waals surface area contributed by atoms with Gasteiger partial charge < -0.3 is 10.1 Å². The maximum Gasteiger partial charge on any atom is 0.242 e. The van der Waals surface area contributed by atoms with E-state index in [1.807, 2.05) is 6.08 Å². The first kappa shape index (κ1) is 19.5. The molecule has 2 N–H and O–H groups in total. The van der Waals surface area contributed by atoms with Crippen LogP contribution in [0.3, 0.4) is 0 Å². The van der Waals surface area contributed by atoms with Crippen LogP contribution in [0.1, 0.15) is 6.42 Å². The summed E-state index contributed by atoms with van der Waals surface area (Å²) in [5, 5.41) is 3.44. The van der Waals surface area contributed by atoms with Gasteiger partial charge in [0, 0.05) is 19.2 Å². The van der Waals surface area contributed by atoms with Crippen molar-refractivity contribution in [2.45, 2.75) is 11.3 Å². The Bertz CT molecular complexity index is 663. The largest absolute Gasteiger partial charge is 0.495 e. The average molecular weight is 388 g/mol. The number of methoxy groups -OCH3 is 1. The third-order valence-corrected chi connectivity index (χ3v) is 5.30. The summed E-state index contributed by atoms with van der Waals surface area (Å²) in [5.41, 5.74) is 1.05. The van der Waals surface area contributed by atoms with Crippen molar-refractivity contribution < 1.29 is 13.2 Å². The van der Waals surface area contributed by atoms with Gasteiger partial charge in [0.1, 0.15) is 10.6 Å². The predicted molar refractivity (Wildman–Crippen MR) is 91.0 cm³/mol. The van der Waals surface area contributed by atoms with Crippen LogP contribution < -0.4 is 14.8 Å². The lowest BCUT2D eigenvalue weighted by Gasteiger charge is -2.15. The molecule has 1 aliphatic rings. The molecule has 1 aromatic rings. The molecule has 1 aromatic carbocycles. The van der Waals surface area contributed by atoms with Crippen molar-refractivity contribution in [1.82, 2.24) is 10.0 Å². The Morgan fingerprint density at radius 1 is 1.32 bits per heavy atom. The molecule has 0 atom stereocenters. The van der Waals surface area contributed by atoms with E-state index in [2.05, 4.69) is 10.0 Å². The summed E-state index contributed by atoms with van der Waals surface area (Å²) in [4.78, 5) is -0.0514. The van der Waals surface area contributed by atoms with Gasteiger partial charge in [0.2, 0.25) is 10.0 Å². The summed E-state index contributed by atoms with van der Waals surface area (Å²) in [6.45, 7) is 1.87. The second-order valence-electron chi connectivity index (χ2n) is 4.56. The van der Waals surface area contributed by atoms with Crippen LogP contribution in [0.25, 0.3) is 0 Å². The number of ether oxygens (including phenoxy) is 1. The molecule has 5 nitrogen and oxygen atoms in total. The van der Waals surface area contributed by atoms with Gasteiger partial charge >= 0.3 is 0 Å². The Labute approximate surface area is 146 Å². The quantitative estimate of drug-likeness (QED) is 0.762. The highest BCUT2D eigenvalue weighted by atomic mass is 35.5. The van der Waals surface area contributed by atoms with Crippen molar-refractivity contribution in [1.29, 1.82) is 0 Å². The van der Waals surface area contributed by atoms with Gasteiger partial charge in [0.15, 0.2) is 0 Å². The first-order chi connectivity index (χ1) is 9.94. The van der Waals surface area contributed by atoms with Gasteiger partial charge in [0.05, 0.1) is 17.2 Å². The van der Waals surface area contributed by atoms with E-state index in [4.69, 9.17) is 27.9 Å². The minimum Gasteiger partial charge on any atom is -0.495 e. The van der Waals surface area contributed by atoms with E-state index in [1.54, 1.807) is 0 Å². The number of hydrogen-bond donors (Lipinski definition) is 2. The number of benzene rings is 1. The maximum absolute atomic E-state index is 12.3. The van der Waals surface area contributed by atoms with Gasteiger partial charge in [-0.2, -0.15) is 0 Å². The van der Waals surface area contributed by atoms with Crippen LogP contribution in [0, 0.1) is 0 Å². The molecule has 1 heterocycles. The normalized spacial score (nSPS) is 15.0. The van der Waals surface area contributed by atoms with E-state index in [-0.39, 0.29) is 33.9 Å². The molecule has 0 aliphatic carbocycles. The van der Waals surface area contributed by atoms with Crippen LogP contribution in [-0.4, -0.2) is 35.2 Å². The van der Waals surface area contributed by atoms with E-state index >= 15 is 0 Å². The Hall–Kier alpha value is -0.500. The van der Waals surface area contributed by atoms with Gasteiger partial charge in [-0.1, -0.05) is 34.9 Å². The van der Waals surface area contributed by atoms with Crippen LogP contribution in [0.4, 0.5) is 0 Å². The Balaban J connectivity index is 0.00000242. The monoisotopic (exact) mass is 386 g/mol. The molecule has 0 aromatic heterocycles. The van der Waals surface area contributed by atoms with Crippen LogP contribution in [0.5, 0.6) is 5.75 Å². The zero-order valence-electron chi connectivity index (χ0n) is 11.9. The summed E-state index contributed by atoms with van der Waals surface area (Å²) >= 11 is 12.0. The van der Waals surface area contributed by atoms with Gasteiger partial charge in [-0.25, -0.2) is 13.1 Å². The number of sulfonamides is 1. The minimum atomic E-state index is -3.72. The minimum absolute atomic E-state index is 0. The smallest absolute Gasteiger partial charge is 0.242 e. The van der Waals surface area contributed by atoms with Crippen molar-refractivity contribution in [2.75, 3.05) is 26.7 Å². The zero-order chi connectivity index (χ0) is 15.5. The topological polar surface area (TPSA) is 67.4 Å². The molecule has 0 unspecified atom stereocenters. The van der Waals surface area contributed by atoms with Crippen LogP contribution in [-0.2, 0) is 10.0 Å². The molecule has 0 saturated heterocycles. The summed E-state index contributed by atoms with van der Waals surface area (Å²) in [7, 11) is -2.28. The maximum atomic E-state index is 12.3. The van der Waals surface area contributed by atoms with Crippen molar-refractivity contribution in [2.24, 2.45) is 0 Å². The van der Waals surface area contributed by atoms with Crippen molar-refractivity contribution in [3.8, 4) is 5.75 Å². The standard InChI is InChI=1S/C13H16Cl2N2O3S.ClH/c1-20-12-6-11(15)13(7-10(12)14)21(18,19)17-8-9-2-4-16-5-3-9;/h2,6-7,16-17H,3-5,8H2,1H3;1H. The van der Waals surface area contributed by atoms with Crippen LogP contribution in [0.15, 0.2) is 28.7 Å². The highest BCUT2D eigenvalue weighted by Gasteiger charge is 2.20. The van der Waals surface area contributed by atoms with Crippen molar-refractivity contribution >= 4 is 45.6 Å². The predicted octanol–water partition coefficient (Wildman–Crippen LogP) is 2.62. The molecule has 1 aliphatic heterocycles. The lowest BCUT2D eigenvalue weighted by molar-refractivity contribution is 0.414. The zero-order valence-corrected chi connectivity index (χ0v) is 15.0. The van der Waals surface area contributed by atoms with Gasteiger partial charge in [-0.15, -0.1) is 12.4 Å². The Morgan fingerprint density at radius 2 is 2.05 bits per heavy atom. The highest BCUT2D eigenvalue weighted by Crippen LogP contribution is 2.33. The second-order valence-corrected chi connectivity index (χ2v) is 7.11. The van der Waals surface area contributed by atoms with E-state index in [0.29, 0.717) is 5.75 Å². The fourth-order valence-electron chi connectivity index (χ4n) is 1.97. The molecule has 0 saturated carbocycles. The van der Waals surface area contributed by atoms with E-state index in [0.717, 1.165) is 25.1 Å². The summed E-state index contributed by atoms with van der Waals surface area (Å²) in [6, 6.07) is 2.68.